The molecule has 0 bridgehead atoms. The summed E-state index contributed by atoms with van der Waals surface area (Å²) in [6, 6.07) is -0.206. The van der Waals surface area contributed by atoms with Gasteiger partial charge in [-0.2, -0.15) is 17.0 Å². The molecule has 3 atom stereocenters. The fraction of sp³-hybridized carbons (Fsp3) is 0.923. The van der Waals surface area contributed by atoms with Crippen LogP contribution in [0.15, 0.2) is 4.99 Å². The van der Waals surface area contributed by atoms with Crippen molar-refractivity contribution in [3.63, 3.8) is 0 Å². The molecule has 0 aliphatic carbocycles. The smallest absolute Gasteiger partial charge is 0.211 e. The maximum Gasteiger partial charge on any atom is 0.282 e. The van der Waals surface area contributed by atoms with E-state index in [1.54, 1.807) is 14.7 Å². The van der Waals surface area contributed by atoms with Gasteiger partial charge in [0.1, 0.15) is 0 Å². The van der Waals surface area contributed by atoms with Crippen molar-refractivity contribution in [1.29, 1.82) is 0 Å². The molecule has 0 N–H and O–H groups in total. The van der Waals surface area contributed by atoms with E-state index in [2.05, 4.69) is 11.9 Å². The van der Waals surface area contributed by atoms with Gasteiger partial charge in [0.25, 0.3) is 10.2 Å². The van der Waals surface area contributed by atoms with Crippen LogP contribution in [-0.4, -0.2) is 54.8 Å². The number of piperidine rings is 2. The van der Waals surface area contributed by atoms with Crippen LogP contribution in [0.3, 0.4) is 0 Å². The van der Waals surface area contributed by atoms with E-state index in [4.69, 9.17) is 0 Å². The number of hydrogen-bond donors (Lipinski definition) is 0. The molecule has 0 aromatic rings. The Balaban J connectivity index is 2.08. The van der Waals surface area contributed by atoms with Crippen LogP contribution in [0.5, 0.6) is 0 Å². The maximum atomic E-state index is 12.7. The number of isocyanates is 1. The predicted molar refractivity (Wildman–Crippen MR) is 76.2 cm³/mol. The minimum atomic E-state index is -3.38. The monoisotopic (exact) mass is 301 g/mol. The van der Waals surface area contributed by atoms with Gasteiger partial charge in [0.05, 0.1) is 6.04 Å². The second kappa shape index (κ2) is 6.35. The molecule has 2 aliphatic heterocycles. The fourth-order valence-electron chi connectivity index (χ4n) is 3.16. The van der Waals surface area contributed by atoms with Crippen molar-refractivity contribution in [3.8, 4) is 0 Å². The van der Waals surface area contributed by atoms with Crippen LogP contribution in [0, 0.1) is 5.92 Å². The van der Waals surface area contributed by atoms with Crippen LogP contribution in [0.1, 0.15) is 39.5 Å². The minimum absolute atomic E-state index is 0.0887. The molecule has 2 saturated heterocycles. The SMILES string of the molecule is CC1CCCN(S(=O)(=O)N2CCC(N=C=O)CC2C)C1. The zero-order valence-electron chi connectivity index (χ0n) is 12.2. The molecule has 2 heterocycles. The molecule has 2 aliphatic rings. The molecule has 0 spiro atoms. The highest BCUT2D eigenvalue weighted by atomic mass is 32.2. The van der Waals surface area contributed by atoms with Gasteiger partial charge in [-0.15, -0.1) is 0 Å². The average Bonchev–Trinajstić information content (AvgIpc) is 2.39. The molecule has 3 unspecified atom stereocenters. The molecule has 6 nitrogen and oxygen atoms in total. The third-order valence-corrected chi connectivity index (χ3v) is 6.38. The normalized spacial score (nSPS) is 33.6. The summed E-state index contributed by atoms with van der Waals surface area (Å²) >= 11 is 0. The van der Waals surface area contributed by atoms with Gasteiger partial charge in [0.2, 0.25) is 6.08 Å². The number of rotatable bonds is 3. The van der Waals surface area contributed by atoms with E-state index in [0.29, 0.717) is 38.4 Å². The Kier molecular flexibility index (Phi) is 4.96. The van der Waals surface area contributed by atoms with Crippen molar-refractivity contribution in [2.24, 2.45) is 10.9 Å². The van der Waals surface area contributed by atoms with Gasteiger partial charge in [0, 0.05) is 25.7 Å². The van der Waals surface area contributed by atoms with Gasteiger partial charge in [-0.1, -0.05) is 6.92 Å². The van der Waals surface area contributed by atoms with E-state index < -0.39 is 10.2 Å². The third-order valence-electron chi connectivity index (χ3n) is 4.27. The van der Waals surface area contributed by atoms with Crippen LogP contribution >= 0.6 is 0 Å². The first-order valence-electron chi connectivity index (χ1n) is 7.29. The summed E-state index contributed by atoms with van der Waals surface area (Å²) in [6.07, 6.45) is 4.80. The number of nitrogens with zero attached hydrogens (tertiary/aromatic N) is 3. The molecule has 0 saturated carbocycles. The molecule has 7 heteroatoms. The average molecular weight is 301 g/mol. The van der Waals surface area contributed by atoms with Gasteiger partial charge in [-0.05, 0) is 38.5 Å². The van der Waals surface area contributed by atoms with Crippen molar-refractivity contribution >= 4 is 16.3 Å². The molecular weight excluding hydrogens is 278 g/mol. The largest absolute Gasteiger partial charge is 0.282 e. The van der Waals surface area contributed by atoms with E-state index >= 15 is 0 Å². The van der Waals surface area contributed by atoms with Gasteiger partial charge < -0.3 is 0 Å². The summed E-state index contributed by atoms with van der Waals surface area (Å²) < 4.78 is 28.6. The minimum Gasteiger partial charge on any atom is -0.211 e. The Labute approximate surface area is 121 Å². The Morgan fingerprint density at radius 3 is 2.55 bits per heavy atom. The van der Waals surface area contributed by atoms with Crippen LogP contribution < -0.4 is 0 Å². The Hall–Kier alpha value is -0.750. The molecule has 20 heavy (non-hydrogen) atoms. The zero-order chi connectivity index (χ0) is 14.8. The van der Waals surface area contributed by atoms with E-state index in [1.807, 2.05) is 6.92 Å². The van der Waals surface area contributed by atoms with Crippen molar-refractivity contribution in [1.82, 2.24) is 8.61 Å². The molecule has 2 rings (SSSR count). The number of hydrogen-bond acceptors (Lipinski definition) is 4. The first-order valence-corrected chi connectivity index (χ1v) is 8.68. The third kappa shape index (κ3) is 3.28. The summed E-state index contributed by atoms with van der Waals surface area (Å²) in [5.74, 6) is 0.422. The first-order chi connectivity index (χ1) is 9.45. The quantitative estimate of drug-likeness (QED) is 0.580. The standard InChI is InChI=1S/C13H23N3O3S/c1-11-4-3-6-15(9-11)20(18,19)16-7-5-13(14-10-17)8-12(16)2/h11-13H,3-9H2,1-2H3. The van der Waals surface area contributed by atoms with Crippen molar-refractivity contribution in [2.45, 2.75) is 51.6 Å². The first kappa shape index (κ1) is 15.6. The highest BCUT2D eigenvalue weighted by Gasteiger charge is 2.38. The number of carbonyl (C=O) groups excluding carboxylic acids is 1. The lowest BCUT2D eigenvalue weighted by Gasteiger charge is -2.40. The van der Waals surface area contributed by atoms with Gasteiger partial charge >= 0.3 is 0 Å². The molecule has 0 aromatic heterocycles. The molecule has 0 radical (unpaired) electrons. The Morgan fingerprint density at radius 1 is 1.20 bits per heavy atom. The topological polar surface area (TPSA) is 70.1 Å². The van der Waals surface area contributed by atoms with Crippen molar-refractivity contribution < 1.29 is 13.2 Å². The number of aliphatic imine (C=N–C) groups is 1. The van der Waals surface area contributed by atoms with E-state index in [1.165, 1.54) is 0 Å². The van der Waals surface area contributed by atoms with E-state index in [9.17, 15) is 13.2 Å². The second-order valence-corrected chi connectivity index (χ2v) is 7.85. The summed E-state index contributed by atoms with van der Waals surface area (Å²) in [4.78, 5) is 14.0. The molecule has 114 valence electrons. The Bertz CT molecular complexity index is 487. The lowest BCUT2D eigenvalue weighted by Crippen LogP contribution is -2.53. The van der Waals surface area contributed by atoms with Crippen LogP contribution in [0.25, 0.3) is 0 Å². The molecule has 0 aromatic carbocycles. The molecular formula is C13H23N3O3S. The van der Waals surface area contributed by atoms with Crippen molar-refractivity contribution in [2.75, 3.05) is 19.6 Å². The summed E-state index contributed by atoms with van der Waals surface area (Å²) in [5, 5.41) is 0. The van der Waals surface area contributed by atoms with Crippen LogP contribution in [0.4, 0.5) is 0 Å². The van der Waals surface area contributed by atoms with Gasteiger partial charge in [0.15, 0.2) is 0 Å². The zero-order valence-corrected chi connectivity index (χ0v) is 13.0. The van der Waals surface area contributed by atoms with Crippen LogP contribution in [0.2, 0.25) is 0 Å². The maximum absolute atomic E-state index is 12.7. The Morgan fingerprint density at radius 2 is 1.95 bits per heavy atom. The van der Waals surface area contributed by atoms with Crippen LogP contribution in [-0.2, 0) is 15.0 Å². The fourth-order valence-corrected chi connectivity index (χ4v) is 5.14. The summed E-state index contributed by atoms with van der Waals surface area (Å²) in [7, 11) is -3.38. The second-order valence-electron chi connectivity index (χ2n) is 5.97. The lowest BCUT2D eigenvalue weighted by molar-refractivity contribution is 0.209. The predicted octanol–water partition coefficient (Wildman–Crippen LogP) is 1.15. The lowest BCUT2D eigenvalue weighted by atomic mass is 10.0. The molecule has 2 fully saturated rings. The highest BCUT2D eigenvalue weighted by molar-refractivity contribution is 7.86. The van der Waals surface area contributed by atoms with E-state index in [0.717, 1.165) is 12.8 Å². The van der Waals surface area contributed by atoms with Crippen molar-refractivity contribution in [3.05, 3.63) is 0 Å². The highest BCUT2D eigenvalue weighted by Crippen LogP contribution is 2.27. The van der Waals surface area contributed by atoms with E-state index in [-0.39, 0.29) is 12.1 Å². The summed E-state index contributed by atoms with van der Waals surface area (Å²) in [6.45, 7) is 5.64. The van der Waals surface area contributed by atoms with Gasteiger partial charge in [-0.25, -0.2) is 9.79 Å². The molecule has 0 amide bonds. The van der Waals surface area contributed by atoms with Gasteiger partial charge in [-0.3, -0.25) is 0 Å². The summed E-state index contributed by atoms with van der Waals surface area (Å²) in [5.41, 5.74) is 0.